The van der Waals surface area contributed by atoms with Crippen LogP contribution in [-0.4, -0.2) is 0 Å². The van der Waals surface area contributed by atoms with Crippen LogP contribution in [0.25, 0.3) is 0 Å². The van der Waals surface area contributed by atoms with Gasteiger partial charge in [-0.15, -0.1) is 0 Å². The lowest BCUT2D eigenvalue weighted by molar-refractivity contribution is 0.506. The molecule has 0 aliphatic rings. The first-order valence-corrected chi connectivity index (χ1v) is 6.54. The van der Waals surface area contributed by atoms with Gasteiger partial charge in [0.05, 0.1) is 5.56 Å². The van der Waals surface area contributed by atoms with Crippen LogP contribution in [0.3, 0.4) is 0 Å². The molecule has 0 fully saturated rings. The Morgan fingerprint density at radius 2 is 1.89 bits per heavy atom. The molecule has 2 rings (SSSR count). The number of rotatable bonds is 2. The number of halogens is 3. The fraction of sp³-hybridized carbons (Fsp3) is 0. The van der Waals surface area contributed by atoms with Crippen LogP contribution in [0.2, 0.25) is 0 Å². The van der Waals surface area contributed by atoms with E-state index >= 15 is 0 Å². The Balaban J connectivity index is 2.37. The van der Waals surface area contributed by atoms with E-state index in [0.29, 0.717) is 19.8 Å². The van der Waals surface area contributed by atoms with Gasteiger partial charge < -0.3 is 0 Å². The van der Waals surface area contributed by atoms with Crippen molar-refractivity contribution in [3.63, 3.8) is 0 Å². The highest BCUT2D eigenvalue weighted by Crippen LogP contribution is 2.33. The summed E-state index contributed by atoms with van der Waals surface area (Å²) in [7, 11) is 0. The molecule has 0 saturated carbocycles. The van der Waals surface area contributed by atoms with E-state index in [2.05, 4.69) is 22.0 Å². The Kier molecular flexibility index (Phi) is 4.00. The molecule has 0 heterocycles. The molecule has 2 aromatic rings. The van der Waals surface area contributed by atoms with Crippen LogP contribution in [-0.2, 0) is 0 Å². The van der Waals surface area contributed by atoms with Gasteiger partial charge in [-0.25, -0.2) is 8.78 Å². The molecule has 0 N–H and O–H groups in total. The number of nitriles is 1. The lowest BCUT2D eigenvalue weighted by atomic mass is 10.2. The third-order valence-electron chi connectivity index (χ3n) is 2.21. The minimum Gasteiger partial charge on any atom is -0.204 e. The molecule has 0 unspecified atom stereocenters. The molecule has 2 aromatic carbocycles. The quantitative estimate of drug-likeness (QED) is 0.795. The van der Waals surface area contributed by atoms with Crippen molar-refractivity contribution in [2.45, 2.75) is 9.79 Å². The van der Waals surface area contributed by atoms with Gasteiger partial charge in [-0.1, -0.05) is 17.8 Å². The van der Waals surface area contributed by atoms with E-state index < -0.39 is 11.6 Å². The Morgan fingerprint density at radius 3 is 2.56 bits per heavy atom. The first-order valence-electron chi connectivity index (χ1n) is 4.93. The zero-order valence-corrected chi connectivity index (χ0v) is 11.4. The van der Waals surface area contributed by atoms with Gasteiger partial charge in [-0.05, 0) is 46.3 Å². The molecule has 0 saturated heterocycles. The van der Waals surface area contributed by atoms with Crippen LogP contribution in [0.5, 0.6) is 0 Å². The van der Waals surface area contributed by atoms with Crippen LogP contribution in [0, 0.1) is 23.0 Å². The summed E-state index contributed by atoms with van der Waals surface area (Å²) in [4.78, 5) is 1.24. The first kappa shape index (κ1) is 13.1. The Morgan fingerprint density at radius 1 is 1.11 bits per heavy atom. The summed E-state index contributed by atoms with van der Waals surface area (Å²) in [5.41, 5.74) is 0.479. The molecular formula is C13H6BrF2NS. The minimum absolute atomic E-state index is 0.479. The van der Waals surface area contributed by atoms with Crippen LogP contribution >= 0.6 is 27.7 Å². The maximum atomic E-state index is 13.1. The highest BCUT2D eigenvalue weighted by molar-refractivity contribution is 9.10. The molecule has 0 radical (unpaired) electrons. The second-order valence-electron chi connectivity index (χ2n) is 3.40. The predicted octanol–water partition coefficient (Wildman–Crippen LogP) is 4.75. The Labute approximate surface area is 116 Å². The molecule has 0 amide bonds. The van der Waals surface area contributed by atoms with E-state index in [1.54, 1.807) is 18.2 Å². The fourth-order valence-electron chi connectivity index (χ4n) is 1.37. The molecule has 0 bridgehead atoms. The van der Waals surface area contributed by atoms with Crippen LogP contribution in [0.15, 0.2) is 50.7 Å². The van der Waals surface area contributed by atoms with Crippen molar-refractivity contribution in [2.24, 2.45) is 0 Å². The Bertz CT molecular complexity index is 637. The first-order chi connectivity index (χ1) is 8.61. The van der Waals surface area contributed by atoms with Gasteiger partial charge in [0.25, 0.3) is 0 Å². The van der Waals surface area contributed by atoms with E-state index in [0.717, 1.165) is 12.1 Å². The van der Waals surface area contributed by atoms with Crippen molar-refractivity contribution in [1.29, 1.82) is 5.26 Å². The predicted molar refractivity (Wildman–Crippen MR) is 69.3 cm³/mol. The molecule has 0 spiro atoms. The number of hydrogen-bond donors (Lipinski definition) is 0. The third-order valence-corrected chi connectivity index (χ3v) is 3.92. The van der Waals surface area contributed by atoms with Gasteiger partial charge in [0, 0.05) is 14.3 Å². The largest absolute Gasteiger partial charge is 0.204 e. The maximum Gasteiger partial charge on any atom is 0.159 e. The maximum absolute atomic E-state index is 13.1. The average molecular weight is 326 g/mol. The summed E-state index contributed by atoms with van der Waals surface area (Å²) in [6, 6.07) is 11.0. The molecule has 0 atom stereocenters. The number of hydrogen-bond acceptors (Lipinski definition) is 2. The number of nitrogens with zero attached hydrogens (tertiary/aromatic N) is 1. The van der Waals surface area contributed by atoms with Crippen LogP contribution in [0.1, 0.15) is 5.56 Å². The van der Waals surface area contributed by atoms with E-state index in [1.165, 1.54) is 17.8 Å². The monoisotopic (exact) mass is 325 g/mol. The highest BCUT2D eigenvalue weighted by Gasteiger charge is 2.09. The fourth-order valence-corrected chi connectivity index (χ4v) is 2.91. The molecule has 0 aliphatic heterocycles. The van der Waals surface area contributed by atoms with Crippen LogP contribution in [0.4, 0.5) is 8.78 Å². The highest BCUT2D eigenvalue weighted by atomic mass is 79.9. The van der Waals surface area contributed by atoms with Crippen molar-refractivity contribution >= 4 is 27.7 Å². The molecular weight excluding hydrogens is 320 g/mol. The SMILES string of the molecule is N#Cc1c(Br)cccc1Sc1ccc(F)c(F)c1. The van der Waals surface area contributed by atoms with E-state index in [9.17, 15) is 8.78 Å². The summed E-state index contributed by atoms with van der Waals surface area (Å²) < 4.78 is 26.6. The summed E-state index contributed by atoms with van der Waals surface area (Å²) in [6.45, 7) is 0. The summed E-state index contributed by atoms with van der Waals surface area (Å²) in [5, 5.41) is 9.05. The Hall–Kier alpha value is -1.38. The third kappa shape index (κ3) is 2.71. The zero-order valence-electron chi connectivity index (χ0n) is 8.95. The summed E-state index contributed by atoms with van der Waals surface area (Å²) in [6.07, 6.45) is 0. The summed E-state index contributed by atoms with van der Waals surface area (Å²) in [5.74, 6) is -1.78. The van der Waals surface area contributed by atoms with Gasteiger partial charge in [0.2, 0.25) is 0 Å². The van der Waals surface area contributed by atoms with Gasteiger partial charge >= 0.3 is 0 Å². The van der Waals surface area contributed by atoms with E-state index in [-0.39, 0.29) is 0 Å². The summed E-state index contributed by atoms with van der Waals surface area (Å²) >= 11 is 4.49. The second-order valence-corrected chi connectivity index (χ2v) is 5.37. The normalized spacial score (nSPS) is 10.1. The smallest absolute Gasteiger partial charge is 0.159 e. The van der Waals surface area contributed by atoms with Gasteiger partial charge in [-0.2, -0.15) is 5.26 Å². The molecule has 1 nitrogen and oxygen atoms in total. The minimum atomic E-state index is -0.895. The van der Waals surface area contributed by atoms with E-state index in [4.69, 9.17) is 5.26 Å². The van der Waals surface area contributed by atoms with Crippen molar-refractivity contribution in [2.75, 3.05) is 0 Å². The topological polar surface area (TPSA) is 23.8 Å². The molecule has 0 aliphatic carbocycles. The van der Waals surface area contributed by atoms with Crippen molar-refractivity contribution < 1.29 is 8.78 Å². The second kappa shape index (κ2) is 5.51. The molecule has 0 aromatic heterocycles. The molecule has 18 heavy (non-hydrogen) atoms. The van der Waals surface area contributed by atoms with Gasteiger partial charge in [0.15, 0.2) is 11.6 Å². The van der Waals surface area contributed by atoms with Gasteiger partial charge in [-0.3, -0.25) is 0 Å². The zero-order chi connectivity index (χ0) is 13.1. The van der Waals surface area contributed by atoms with Gasteiger partial charge in [0.1, 0.15) is 6.07 Å². The van der Waals surface area contributed by atoms with E-state index in [1.807, 2.05) is 0 Å². The lowest BCUT2D eigenvalue weighted by Gasteiger charge is -2.05. The molecule has 90 valence electrons. The number of benzene rings is 2. The van der Waals surface area contributed by atoms with Crippen LogP contribution < -0.4 is 0 Å². The lowest BCUT2D eigenvalue weighted by Crippen LogP contribution is -1.86. The standard InChI is InChI=1S/C13H6BrF2NS/c14-10-2-1-3-13(9(10)7-17)18-8-4-5-11(15)12(16)6-8/h1-6H. The van der Waals surface area contributed by atoms with Crippen molar-refractivity contribution in [1.82, 2.24) is 0 Å². The molecule has 5 heteroatoms. The van der Waals surface area contributed by atoms with Crippen molar-refractivity contribution in [3.05, 3.63) is 58.1 Å². The average Bonchev–Trinajstić information content (AvgIpc) is 2.34. The van der Waals surface area contributed by atoms with Crippen molar-refractivity contribution in [3.8, 4) is 6.07 Å².